The topological polar surface area (TPSA) is 12.9 Å². The third-order valence-corrected chi connectivity index (χ3v) is 4.78. The first-order chi connectivity index (χ1) is 7.27. The molecule has 84 valence electrons. The van der Waals surface area contributed by atoms with E-state index in [9.17, 15) is 0 Å². The number of hydrogen-bond donors (Lipinski definition) is 0. The SMILES string of the molecule is CC(C)c1cnc(C2CCCCCC2)s1. The van der Waals surface area contributed by atoms with Crippen molar-refractivity contribution in [3.05, 3.63) is 16.1 Å². The highest BCUT2D eigenvalue weighted by atomic mass is 32.1. The van der Waals surface area contributed by atoms with Crippen molar-refractivity contribution < 1.29 is 0 Å². The van der Waals surface area contributed by atoms with Gasteiger partial charge in [-0.25, -0.2) is 4.98 Å². The third kappa shape index (κ3) is 2.81. The first-order valence-corrected chi connectivity index (χ1v) is 7.04. The van der Waals surface area contributed by atoms with Crippen LogP contribution in [0.3, 0.4) is 0 Å². The number of hydrogen-bond acceptors (Lipinski definition) is 2. The van der Waals surface area contributed by atoms with E-state index in [2.05, 4.69) is 25.0 Å². The Kier molecular flexibility index (Phi) is 3.79. The van der Waals surface area contributed by atoms with Gasteiger partial charge in [0.2, 0.25) is 0 Å². The van der Waals surface area contributed by atoms with E-state index < -0.39 is 0 Å². The van der Waals surface area contributed by atoms with Crippen LogP contribution < -0.4 is 0 Å². The van der Waals surface area contributed by atoms with Crippen LogP contribution in [0.5, 0.6) is 0 Å². The molecule has 1 aliphatic rings. The summed E-state index contributed by atoms with van der Waals surface area (Å²) in [5.41, 5.74) is 0. The molecule has 0 atom stereocenters. The van der Waals surface area contributed by atoms with Gasteiger partial charge in [-0.3, -0.25) is 0 Å². The predicted octanol–water partition coefficient (Wildman–Crippen LogP) is 4.70. The van der Waals surface area contributed by atoms with Crippen LogP contribution in [0.25, 0.3) is 0 Å². The fourth-order valence-corrected chi connectivity index (χ4v) is 3.37. The summed E-state index contributed by atoms with van der Waals surface area (Å²) in [4.78, 5) is 6.07. The van der Waals surface area contributed by atoms with Gasteiger partial charge in [-0.2, -0.15) is 0 Å². The average Bonchev–Trinajstić information content (AvgIpc) is 2.55. The lowest BCUT2D eigenvalue weighted by Gasteiger charge is -2.09. The van der Waals surface area contributed by atoms with Crippen molar-refractivity contribution in [3.8, 4) is 0 Å². The molecule has 0 amide bonds. The molecule has 1 heterocycles. The Bertz CT molecular complexity index is 295. The average molecular weight is 223 g/mol. The monoisotopic (exact) mass is 223 g/mol. The lowest BCUT2D eigenvalue weighted by molar-refractivity contribution is 0.589. The lowest BCUT2D eigenvalue weighted by Crippen LogP contribution is -1.95. The largest absolute Gasteiger partial charge is 0.249 e. The zero-order valence-electron chi connectivity index (χ0n) is 9.83. The van der Waals surface area contributed by atoms with Crippen LogP contribution in [-0.4, -0.2) is 4.98 Å². The molecule has 1 saturated carbocycles. The van der Waals surface area contributed by atoms with Gasteiger partial charge in [-0.15, -0.1) is 11.3 Å². The van der Waals surface area contributed by atoms with Gasteiger partial charge < -0.3 is 0 Å². The Labute approximate surface area is 96.9 Å². The molecule has 1 aromatic rings. The maximum absolute atomic E-state index is 4.62. The fourth-order valence-electron chi connectivity index (χ4n) is 2.28. The molecular weight excluding hydrogens is 202 g/mol. The summed E-state index contributed by atoms with van der Waals surface area (Å²) in [5.74, 6) is 1.41. The van der Waals surface area contributed by atoms with Crippen LogP contribution in [0.2, 0.25) is 0 Å². The normalized spacial score (nSPS) is 19.4. The molecule has 0 aliphatic heterocycles. The number of rotatable bonds is 2. The molecule has 0 aromatic carbocycles. The van der Waals surface area contributed by atoms with Crippen LogP contribution in [0, 0.1) is 0 Å². The van der Waals surface area contributed by atoms with Crippen LogP contribution in [0.15, 0.2) is 6.20 Å². The van der Waals surface area contributed by atoms with Crippen molar-refractivity contribution >= 4 is 11.3 Å². The van der Waals surface area contributed by atoms with Crippen molar-refractivity contribution in [1.82, 2.24) is 4.98 Å². The summed E-state index contributed by atoms with van der Waals surface area (Å²) in [7, 11) is 0. The van der Waals surface area contributed by atoms with E-state index in [1.165, 1.54) is 48.4 Å². The molecule has 0 radical (unpaired) electrons. The minimum atomic E-state index is 0.641. The standard InChI is InChI=1S/C13H21NS/c1-10(2)12-9-14-13(15-12)11-7-5-3-4-6-8-11/h9-11H,3-8H2,1-2H3. The molecule has 1 nitrogen and oxygen atoms in total. The Hall–Kier alpha value is -0.370. The van der Waals surface area contributed by atoms with Crippen molar-refractivity contribution in [1.29, 1.82) is 0 Å². The first kappa shape index (κ1) is 11.1. The van der Waals surface area contributed by atoms with Gasteiger partial charge in [-0.1, -0.05) is 39.5 Å². The maximum atomic E-state index is 4.62. The van der Waals surface area contributed by atoms with E-state index in [4.69, 9.17) is 0 Å². The second kappa shape index (κ2) is 5.11. The van der Waals surface area contributed by atoms with Gasteiger partial charge in [0, 0.05) is 17.0 Å². The summed E-state index contributed by atoms with van der Waals surface area (Å²) in [6.45, 7) is 4.51. The minimum absolute atomic E-state index is 0.641. The van der Waals surface area contributed by atoms with E-state index in [0.717, 1.165) is 5.92 Å². The second-order valence-corrected chi connectivity index (χ2v) is 6.04. The molecule has 15 heavy (non-hydrogen) atoms. The summed E-state index contributed by atoms with van der Waals surface area (Å²) in [6, 6.07) is 0. The summed E-state index contributed by atoms with van der Waals surface area (Å²) >= 11 is 1.95. The minimum Gasteiger partial charge on any atom is -0.249 e. The van der Waals surface area contributed by atoms with Gasteiger partial charge in [0.1, 0.15) is 0 Å². The van der Waals surface area contributed by atoms with Gasteiger partial charge in [0.25, 0.3) is 0 Å². The number of thiazole rings is 1. The van der Waals surface area contributed by atoms with Gasteiger partial charge in [0.05, 0.1) is 5.01 Å². The number of nitrogens with zero attached hydrogens (tertiary/aromatic N) is 1. The van der Waals surface area contributed by atoms with E-state index >= 15 is 0 Å². The van der Waals surface area contributed by atoms with Crippen molar-refractivity contribution in [3.63, 3.8) is 0 Å². The molecule has 0 bridgehead atoms. The highest BCUT2D eigenvalue weighted by Crippen LogP contribution is 2.35. The molecule has 0 N–H and O–H groups in total. The Morgan fingerprint density at radius 2 is 1.87 bits per heavy atom. The molecule has 0 saturated heterocycles. The molecule has 2 heteroatoms. The van der Waals surface area contributed by atoms with Crippen LogP contribution >= 0.6 is 11.3 Å². The zero-order valence-corrected chi connectivity index (χ0v) is 10.6. The van der Waals surface area contributed by atoms with Gasteiger partial charge in [-0.05, 0) is 18.8 Å². The zero-order chi connectivity index (χ0) is 10.7. The predicted molar refractivity (Wildman–Crippen MR) is 66.6 cm³/mol. The first-order valence-electron chi connectivity index (χ1n) is 6.23. The van der Waals surface area contributed by atoms with E-state index in [1.54, 1.807) is 0 Å². The van der Waals surface area contributed by atoms with Gasteiger partial charge >= 0.3 is 0 Å². The van der Waals surface area contributed by atoms with E-state index in [-0.39, 0.29) is 0 Å². The maximum Gasteiger partial charge on any atom is 0.0958 e. The lowest BCUT2D eigenvalue weighted by atomic mass is 10.0. The molecule has 1 fully saturated rings. The second-order valence-electron chi connectivity index (χ2n) is 4.94. The number of aromatic nitrogens is 1. The Morgan fingerprint density at radius 1 is 1.20 bits per heavy atom. The van der Waals surface area contributed by atoms with Crippen LogP contribution in [0.1, 0.15) is 74.1 Å². The van der Waals surface area contributed by atoms with Crippen molar-refractivity contribution in [2.45, 2.75) is 64.2 Å². The highest BCUT2D eigenvalue weighted by Gasteiger charge is 2.18. The summed E-state index contributed by atoms with van der Waals surface area (Å²) in [5, 5.41) is 1.40. The summed E-state index contributed by atoms with van der Waals surface area (Å²) < 4.78 is 0. The van der Waals surface area contributed by atoms with Crippen molar-refractivity contribution in [2.24, 2.45) is 0 Å². The van der Waals surface area contributed by atoms with Gasteiger partial charge in [0.15, 0.2) is 0 Å². The Morgan fingerprint density at radius 3 is 2.40 bits per heavy atom. The molecule has 1 aliphatic carbocycles. The summed E-state index contributed by atoms with van der Waals surface area (Å²) in [6.07, 6.45) is 10.5. The molecule has 2 rings (SSSR count). The van der Waals surface area contributed by atoms with Crippen molar-refractivity contribution in [2.75, 3.05) is 0 Å². The van der Waals surface area contributed by atoms with Crippen LogP contribution in [0.4, 0.5) is 0 Å². The fraction of sp³-hybridized carbons (Fsp3) is 0.769. The smallest absolute Gasteiger partial charge is 0.0958 e. The third-order valence-electron chi connectivity index (χ3n) is 3.31. The molecule has 0 spiro atoms. The molecule has 0 unspecified atom stereocenters. The van der Waals surface area contributed by atoms with E-state index in [0.29, 0.717) is 5.92 Å². The highest BCUT2D eigenvalue weighted by molar-refractivity contribution is 7.11. The quantitative estimate of drug-likeness (QED) is 0.662. The van der Waals surface area contributed by atoms with Crippen LogP contribution in [-0.2, 0) is 0 Å². The van der Waals surface area contributed by atoms with E-state index in [1.807, 2.05) is 11.3 Å². The molecule has 1 aromatic heterocycles. The molecular formula is C13H21NS. The Balaban J connectivity index is 2.06.